The fraction of sp³-hybridized carbons (Fsp3) is 0.133. The molecular formula is C30H18Cl2F8O9. The molecule has 0 saturated heterocycles. The van der Waals surface area contributed by atoms with E-state index < -0.39 is 57.4 Å². The summed E-state index contributed by atoms with van der Waals surface area (Å²) in [5, 5.41) is 8.04. The number of carboxylic acids is 1. The van der Waals surface area contributed by atoms with Crippen LogP contribution in [0.15, 0.2) is 60.7 Å². The zero-order valence-corrected chi connectivity index (χ0v) is 25.9. The molecule has 4 aromatic rings. The topological polar surface area (TPSA) is 110 Å². The molecule has 0 aliphatic rings. The zero-order chi connectivity index (χ0) is 36.7. The second kappa shape index (κ2) is 15.8. The Balaban J connectivity index is 0.000000266. The number of hydrogen-bond acceptors (Lipinski definition) is 8. The van der Waals surface area contributed by atoms with E-state index in [9.17, 15) is 44.7 Å². The number of halogens is 10. The van der Waals surface area contributed by atoms with Crippen molar-refractivity contribution in [3.05, 3.63) is 93.5 Å². The van der Waals surface area contributed by atoms with E-state index in [-0.39, 0.29) is 40.1 Å². The highest BCUT2D eigenvalue weighted by molar-refractivity contribution is 6.34. The van der Waals surface area contributed by atoms with Gasteiger partial charge in [-0.3, -0.25) is 4.79 Å². The molecule has 0 aromatic heterocycles. The van der Waals surface area contributed by atoms with E-state index in [1.54, 1.807) is 0 Å². The van der Waals surface area contributed by atoms with Crippen LogP contribution in [0.1, 0.15) is 20.7 Å². The number of carbonyl (C=O) groups is 2. The van der Waals surface area contributed by atoms with Gasteiger partial charge in [0.1, 0.15) is 40.2 Å². The van der Waals surface area contributed by atoms with E-state index in [4.69, 9.17) is 47.3 Å². The van der Waals surface area contributed by atoms with Gasteiger partial charge in [-0.1, -0.05) is 23.2 Å². The van der Waals surface area contributed by atoms with Crippen LogP contribution < -0.4 is 28.4 Å². The molecule has 262 valence electrons. The van der Waals surface area contributed by atoms with Crippen molar-refractivity contribution >= 4 is 35.5 Å². The maximum absolute atomic E-state index is 13.4. The minimum Gasteiger partial charge on any atom is -0.493 e. The van der Waals surface area contributed by atoms with Crippen LogP contribution in [0.4, 0.5) is 35.1 Å². The lowest BCUT2D eigenvalue weighted by molar-refractivity contribution is -0.275. The van der Waals surface area contributed by atoms with Crippen molar-refractivity contribution in [3.63, 3.8) is 0 Å². The van der Waals surface area contributed by atoms with Crippen LogP contribution in [0.25, 0.3) is 0 Å². The quantitative estimate of drug-likeness (QED) is 0.125. The van der Waals surface area contributed by atoms with Crippen molar-refractivity contribution in [1.82, 2.24) is 0 Å². The first-order chi connectivity index (χ1) is 22.9. The molecule has 0 amide bonds. The standard InChI is InChI=1S/C15H9ClF4O5.C15H9ClF4O4/c1-23-11-6-7(25-15(18,19)20)2-4-9(11)24-10-5-3-8(17)13(16)12(10)14(21)22;1-22-13-6-8(24-15(18,19)20)2-4-12(13)23-11-5-3-10(17)14(16)9(11)7-21/h2-6H,1H3,(H,21,22);2-7H,1H3. The third kappa shape index (κ3) is 10.4. The first-order valence-corrected chi connectivity index (χ1v) is 13.5. The highest BCUT2D eigenvalue weighted by atomic mass is 35.5. The molecule has 9 nitrogen and oxygen atoms in total. The summed E-state index contributed by atoms with van der Waals surface area (Å²) in [6.45, 7) is 0. The van der Waals surface area contributed by atoms with Gasteiger partial charge in [-0.25, -0.2) is 13.6 Å². The third-order valence-corrected chi connectivity index (χ3v) is 6.41. The summed E-state index contributed by atoms with van der Waals surface area (Å²) < 4.78 is 128. The molecule has 4 aromatic carbocycles. The van der Waals surface area contributed by atoms with Crippen LogP contribution in [0.3, 0.4) is 0 Å². The lowest BCUT2D eigenvalue weighted by Gasteiger charge is -2.15. The SMILES string of the molecule is COc1cc(OC(F)(F)F)ccc1Oc1ccc(F)c(Cl)c1C(=O)O.COc1cc(OC(F)(F)F)ccc1Oc1ccc(F)c(Cl)c1C=O. The summed E-state index contributed by atoms with van der Waals surface area (Å²) in [4.78, 5) is 22.3. The van der Waals surface area contributed by atoms with Gasteiger partial charge in [0.05, 0.1) is 29.8 Å². The second-order valence-electron chi connectivity index (χ2n) is 8.86. The molecular weight excluding hydrogens is 727 g/mol. The molecule has 0 spiro atoms. The maximum atomic E-state index is 13.4. The minimum atomic E-state index is -4.89. The van der Waals surface area contributed by atoms with E-state index >= 15 is 0 Å². The van der Waals surface area contributed by atoms with Gasteiger partial charge in [-0.2, -0.15) is 0 Å². The second-order valence-corrected chi connectivity index (χ2v) is 9.61. The summed E-state index contributed by atoms with van der Waals surface area (Å²) in [6.07, 6.45) is -9.45. The van der Waals surface area contributed by atoms with Gasteiger partial charge >= 0.3 is 18.7 Å². The molecule has 0 aliphatic carbocycles. The molecule has 1 N–H and O–H groups in total. The van der Waals surface area contributed by atoms with Gasteiger partial charge in [-0.15, -0.1) is 26.3 Å². The summed E-state index contributed by atoms with van der Waals surface area (Å²) >= 11 is 11.3. The molecule has 0 aliphatic heterocycles. The highest BCUT2D eigenvalue weighted by Crippen LogP contribution is 2.40. The molecule has 0 bridgehead atoms. The summed E-state index contributed by atoms with van der Waals surface area (Å²) in [7, 11) is 2.37. The van der Waals surface area contributed by atoms with E-state index in [1.165, 1.54) is 7.11 Å². The Morgan fingerprint density at radius 1 is 0.653 bits per heavy atom. The molecule has 0 fully saturated rings. The van der Waals surface area contributed by atoms with Gasteiger partial charge < -0.3 is 33.5 Å². The summed E-state index contributed by atoms with van der Waals surface area (Å²) in [6, 6.07) is 10.1. The Kier molecular flexibility index (Phi) is 12.4. The molecule has 4 rings (SSSR count). The summed E-state index contributed by atoms with van der Waals surface area (Å²) in [5.41, 5.74) is -0.881. The molecule has 49 heavy (non-hydrogen) atoms. The first kappa shape index (κ1) is 38.3. The zero-order valence-electron chi connectivity index (χ0n) is 24.3. The first-order valence-electron chi connectivity index (χ1n) is 12.7. The van der Waals surface area contributed by atoms with E-state index in [0.29, 0.717) is 6.29 Å². The number of ether oxygens (including phenoxy) is 6. The number of benzene rings is 4. The van der Waals surface area contributed by atoms with Gasteiger partial charge in [0.2, 0.25) is 0 Å². The lowest BCUT2D eigenvalue weighted by Crippen LogP contribution is -2.17. The van der Waals surface area contributed by atoms with Crippen molar-refractivity contribution < 1.29 is 78.2 Å². The van der Waals surface area contributed by atoms with Gasteiger partial charge in [0.15, 0.2) is 29.3 Å². The number of carboxylic acid groups (broad SMARTS) is 1. The summed E-state index contributed by atoms with van der Waals surface area (Å²) in [5.74, 6) is -5.20. The predicted octanol–water partition coefficient (Wildman–Crippen LogP) is 9.87. The number of carbonyl (C=O) groups excluding carboxylic acids is 1. The highest BCUT2D eigenvalue weighted by Gasteiger charge is 2.32. The van der Waals surface area contributed by atoms with Crippen molar-refractivity contribution in [2.45, 2.75) is 12.7 Å². The predicted molar refractivity (Wildman–Crippen MR) is 155 cm³/mol. The van der Waals surface area contributed by atoms with Crippen LogP contribution in [0, 0.1) is 11.6 Å². The van der Waals surface area contributed by atoms with Gasteiger partial charge in [-0.05, 0) is 48.5 Å². The number of hydrogen-bond donors (Lipinski definition) is 1. The van der Waals surface area contributed by atoms with Crippen molar-refractivity contribution in [2.75, 3.05) is 14.2 Å². The lowest BCUT2D eigenvalue weighted by atomic mass is 10.2. The fourth-order valence-electron chi connectivity index (χ4n) is 3.66. The number of alkyl halides is 6. The molecule has 0 atom stereocenters. The minimum absolute atomic E-state index is 0.0159. The molecule has 0 unspecified atom stereocenters. The van der Waals surface area contributed by atoms with Crippen LogP contribution in [-0.4, -0.2) is 44.3 Å². The molecule has 0 radical (unpaired) electrons. The largest absolute Gasteiger partial charge is 0.573 e. The van der Waals surface area contributed by atoms with Gasteiger partial charge in [0, 0.05) is 12.1 Å². The van der Waals surface area contributed by atoms with E-state index in [1.807, 2.05) is 0 Å². The van der Waals surface area contributed by atoms with E-state index in [0.717, 1.165) is 67.8 Å². The monoisotopic (exact) mass is 744 g/mol. The fourth-order valence-corrected chi connectivity index (χ4v) is 4.10. The Labute approximate surface area is 280 Å². The smallest absolute Gasteiger partial charge is 0.493 e. The Morgan fingerprint density at radius 3 is 1.47 bits per heavy atom. The van der Waals surface area contributed by atoms with Crippen molar-refractivity contribution in [3.8, 4) is 46.0 Å². The van der Waals surface area contributed by atoms with Crippen molar-refractivity contribution in [1.29, 1.82) is 0 Å². The molecule has 19 heteroatoms. The Morgan fingerprint density at radius 2 is 1.06 bits per heavy atom. The Bertz CT molecular complexity index is 1830. The normalized spacial score (nSPS) is 11.1. The molecule has 0 heterocycles. The Hall–Kier alpha value is -5.16. The number of aldehydes is 1. The molecule has 0 saturated carbocycles. The average molecular weight is 745 g/mol. The average Bonchev–Trinajstić information content (AvgIpc) is 3.01. The maximum Gasteiger partial charge on any atom is 0.573 e. The number of rotatable bonds is 10. The van der Waals surface area contributed by atoms with Crippen LogP contribution in [0.5, 0.6) is 46.0 Å². The van der Waals surface area contributed by atoms with Gasteiger partial charge in [0.25, 0.3) is 0 Å². The van der Waals surface area contributed by atoms with Crippen LogP contribution in [-0.2, 0) is 0 Å². The number of aromatic carboxylic acids is 1. The third-order valence-electron chi connectivity index (χ3n) is 5.66. The van der Waals surface area contributed by atoms with Crippen LogP contribution in [0.2, 0.25) is 10.0 Å². The van der Waals surface area contributed by atoms with Crippen molar-refractivity contribution in [2.24, 2.45) is 0 Å². The van der Waals surface area contributed by atoms with Crippen LogP contribution >= 0.6 is 23.2 Å². The number of methoxy groups -OCH3 is 2. The van der Waals surface area contributed by atoms with E-state index in [2.05, 4.69) is 9.47 Å².